The lowest BCUT2D eigenvalue weighted by Gasteiger charge is -2.02. The van der Waals surface area contributed by atoms with Gasteiger partial charge in [-0.15, -0.1) is 0 Å². The standard InChI is InChI=1S/C21H19FN2O2/c1-13-4-5-15(10-14(13)2)21(25)9-6-16-11-20(24-23-16)18-8-7-17(26-3)12-19(18)22/h4-12H,1-3H3,(H,23,24). The number of carbonyl (C=O) groups excluding carboxylic acids is 1. The molecule has 3 aromatic rings. The monoisotopic (exact) mass is 350 g/mol. The first-order valence-corrected chi connectivity index (χ1v) is 8.17. The van der Waals surface area contributed by atoms with E-state index >= 15 is 0 Å². The predicted molar refractivity (Wildman–Crippen MR) is 99.8 cm³/mol. The van der Waals surface area contributed by atoms with Crippen LogP contribution in [0.15, 0.2) is 48.5 Å². The minimum Gasteiger partial charge on any atom is -0.497 e. The third-order valence-corrected chi connectivity index (χ3v) is 4.26. The number of ether oxygens (including phenoxy) is 1. The van der Waals surface area contributed by atoms with Gasteiger partial charge in [0.1, 0.15) is 11.6 Å². The lowest BCUT2D eigenvalue weighted by atomic mass is 10.0. The number of aromatic amines is 1. The average molecular weight is 350 g/mol. The second-order valence-corrected chi connectivity index (χ2v) is 6.05. The lowest BCUT2D eigenvalue weighted by Crippen LogP contribution is -1.95. The Morgan fingerprint density at radius 2 is 1.92 bits per heavy atom. The molecule has 0 saturated carbocycles. The van der Waals surface area contributed by atoms with Gasteiger partial charge in [-0.05, 0) is 61.4 Å². The van der Waals surface area contributed by atoms with Crippen molar-refractivity contribution in [1.29, 1.82) is 0 Å². The van der Waals surface area contributed by atoms with Crippen molar-refractivity contribution >= 4 is 11.9 Å². The van der Waals surface area contributed by atoms with Gasteiger partial charge >= 0.3 is 0 Å². The molecule has 0 aliphatic rings. The summed E-state index contributed by atoms with van der Waals surface area (Å²) < 4.78 is 19.1. The first kappa shape index (κ1) is 17.6. The van der Waals surface area contributed by atoms with Crippen LogP contribution in [0.25, 0.3) is 17.3 Å². The Labute approximate surface area is 151 Å². The number of carbonyl (C=O) groups is 1. The molecule has 2 aromatic carbocycles. The molecule has 0 radical (unpaired) electrons. The van der Waals surface area contributed by atoms with Gasteiger partial charge < -0.3 is 4.74 Å². The van der Waals surface area contributed by atoms with Crippen molar-refractivity contribution in [1.82, 2.24) is 10.2 Å². The van der Waals surface area contributed by atoms with E-state index in [1.165, 1.54) is 19.3 Å². The van der Waals surface area contributed by atoms with Crippen LogP contribution in [0, 0.1) is 19.7 Å². The summed E-state index contributed by atoms with van der Waals surface area (Å²) in [5.74, 6) is -0.0710. The minimum atomic E-state index is -0.419. The SMILES string of the molecule is COc1ccc(-c2cc(C=CC(=O)c3ccc(C)c(C)c3)[nH]n2)c(F)c1. The fraction of sp³-hybridized carbons (Fsp3) is 0.143. The highest BCUT2D eigenvalue weighted by atomic mass is 19.1. The molecule has 0 amide bonds. The fourth-order valence-electron chi connectivity index (χ4n) is 2.55. The maximum Gasteiger partial charge on any atom is 0.185 e. The van der Waals surface area contributed by atoms with E-state index in [1.54, 1.807) is 30.3 Å². The van der Waals surface area contributed by atoms with E-state index in [0.717, 1.165) is 11.1 Å². The quantitative estimate of drug-likeness (QED) is 0.534. The number of hydrogen-bond donors (Lipinski definition) is 1. The molecule has 26 heavy (non-hydrogen) atoms. The summed E-state index contributed by atoms with van der Waals surface area (Å²) in [4.78, 5) is 12.3. The molecule has 0 fully saturated rings. The Morgan fingerprint density at radius 3 is 2.62 bits per heavy atom. The second kappa shape index (κ2) is 7.35. The number of nitrogens with zero attached hydrogens (tertiary/aromatic N) is 1. The molecule has 132 valence electrons. The lowest BCUT2D eigenvalue weighted by molar-refractivity contribution is 0.104. The number of benzene rings is 2. The molecule has 0 unspecified atom stereocenters. The van der Waals surface area contributed by atoms with Crippen LogP contribution in [0.2, 0.25) is 0 Å². The van der Waals surface area contributed by atoms with Gasteiger partial charge in [0.15, 0.2) is 5.78 Å². The molecule has 3 rings (SSSR count). The van der Waals surface area contributed by atoms with Crippen molar-refractivity contribution in [3.63, 3.8) is 0 Å². The smallest absolute Gasteiger partial charge is 0.185 e. The van der Waals surface area contributed by atoms with Gasteiger partial charge in [0.2, 0.25) is 0 Å². The van der Waals surface area contributed by atoms with Crippen LogP contribution in [-0.2, 0) is 0 Å². The van der Waals surface area contributed by atoms with Crippen molar-refractivity contribution < 1.29 is 13.9 Å². The molecule has 1 N–H and O–H groups in total. The summed E-state index contributed by atoms with van der Waals surface area (Å²) >= 11 is 0. The Kier molecular flexibility index (Phi) is 4.98. The van der Waals surface area contributed by atoms with Crippen LogP contribution in [0.4, 0.5) is 4.39 Å². The Bertz CT molecular complexity index is 989. The van der Waals surface area contributed by atoms with Crippen molar-refractivity contribution in [2.75, 3.05) is 7.11 Å². The zero-order valence-electron chi connectivity index (χ0n) is 14.8. The van der Waals surface area contributed by atoms with Gasteiger partial charge in [0.25, 0.3) is 0 Å². The van der Waals surface area contributed by atoms with Crippen LogP contribution in [0.5, 0.6) is 5.75 Å². The molecule has 4 nitrogen and oxygen atoms in total. The molecule has 0 aliphatic heterocycles. The number of rotatable bonds is 5. The van der Waals surface area contributed by atoms with E-state index in [0.29, 0.717) is 28.3 Å². The van der Waals surface area contributed by atoms with E-state index in [9.17, 15) is 9.18 Å². The van der Waals surface area contributed by atoms with Crippen molar-refractivity contribution in [3.05, 3.63) is 76.7 Å². The molecular weight excluding hydrogens is 331 g/mol. The van der Waals surface area contributed by atoms with Gasteiger partial charge in [-0.2, -0.15) is 5.10 Å². The van der Waals surface area contributed by atoms with Gasteiger partial charge in [-0.1, -0.05) is 12.1 Å². The van der Waals surface area contributed by atoms with E-state index in [-0.39, 0.29) is 5.78 Å². The first-order valence-electron chi connectivity index (χ1n) is 8.17. The van der Waals surface area contributed by atoms with Crippen LogP contribution < -0.4 is 4.74 Å². The Balaban J connectivity index is 1.78. The number of methoxy groups -OCH3 is 1. The van der Waals surface area contributed by atoms with Gasteiger partial charge in [-0.25, -0.2) is 4.39 Å². The maximum absolute atomic E-state index is 14.1. The largest absolute Gasteiger partial charge is 0.497 e. The van der Waals surface area contributed by atoms with E-state index < -0.39 is 5.82 Å². The number of aryl methyl sites for hydroxylation is 2. The molecule has 5 heteroatoms. The zero-order valence-corrected chi connectivity index (χ0v) is 14.8. The fourth-order valence-corrected chi connectivity index (χ4v) is 2.55. The van der Waals surface area contributed by atoms with E-state index in [2.05, 4.69) is 10.2 Å². The summed E-state index contributed by atoms with van der Waals surface area (Å²) in [5, 5.41) is 6.91. The van der Waals surface area contributed by atoms with Gasteiger partial charge in [-0.3, -0.25) is 9.89 Å². The second-order valence-electron chi connectivity index (χ2n) is 6.05. The van der Waals surface area contributed by atoms with Crippen LogP contribution in [0.1, 0.15) is 27.2 Å². The molecule has 0 bridgehead atoms. The van der Waals surface area contributed by atoms with E-state index in [4.69, 9.17) is 4.74 Å². The maximum atomic E-state index is 14.1. The van der Waals surface area contributed by atoms with Crippen molar-refractivity contribution in [2.45, 2.75) is 13.8 Å². The van der Waals surface area contributed by atoms with Gasteiger partial charge in [0, 0.05) is 17.2 Å². The molecule has 1 heterocycles. The number of ketones is 1. The Morgan fingerprint density at radius 1 is 1.12 bits per heavy atom. The third-order valence-electron chi connectivity index (χ3n) is 4.26. The summed E-state index contributed by atoms with van der Waals surface area (Å²) in [6, 6.07) is 11.9. The molecule has 0 spiro atoms. The number of hydrogen-bond acceptors (Lipinski definition) is 3. The highest BCUT2D eigenvalue weighted by Gasteiger charge is 2.10. The Hall–Kier alpha value is -3.21. The average Bonchev–Trinajstić information content (AvgIpc) is 3.10. The number of halogens is 1. The van der Waals surface area contributed by atoms with Crippen LogP contribution in [0.3, 0.4) is 0 Å². The normalized spacial score (nSPS) is 11.1. The van der Waals surface area contributed by atoms with Crippen LogP contribution in [-0.4, -0.2) is 23.1 Å². The molecule has 0 aliphatic carbocycles. The third kappa shape index (κ3) is 3.72. The summed E-state index contributed by atoms with van der Waals surface area (Å²) in [6.45, 7) is 3.98. The van der Waals surface area contributed by atoms with Crippen molar-refractivity contribution in [2.24, 2.45) is 0 Å². The van der Waals surface area contributed by atoms with Crippen LogP contribution >= 0.6 is 0 Å². The van der Waals surface area contributed by atoms with Gasteiger partial charge in [0.05, 0.1) is 18.5 Å². The van der Waals surface area contributed by atoms with Crippen molar-refractivity contribution in [3.8, 4) is 17.0 Å². The molecule has 1 aromatic heterocycles. The molecule has 0 atom stereocenters. The summed E-state index contributed by atoms with van der Waals surface area (Å²) in [7, 11) is 1.48. The molecular formula is C21H19FN2O2. The summed E-state index contributed by atoms with van der Waals surface area (Å²) in [5.41, 5.74) is 4.29. The number of allylic oxidation sites excluding steroid dienone is 1. The van der Waals surface area contributed by atoms with E-state index in [1.807, 2.05) is 26.0 Å². The zero-order chi connectivity index (χ0) is 18.7. The highest BCUT2D eigenvalue weighted by Crippen LogP contribution is 2.25. The number of nitrogens with one attached hydrogen (secondary N) is 1. The number of H-pyrrole nitrogens is 1. The molecule has 0 saturated heterocycles. The topological polar surface area (TPSA) is 55.0 Å². The first-order chi connectivity index (χ1) is 12.5. The summed E-state index contributed by atoms with van der Waals surface area (Å²) in [6.07, 6.45) is 3.11. The predicted octanol–water partition coefficient (Wildman–Crippen LogP) is 4.74. The minimum absolute atomic E-state index is 0.0973. The highest BCUT2D eigenvalue weighted by molar-refractivity contribution is 6.06. The number of aromatic nitrogens is 2.